The molecule has 0 atom stereocenters. The lowest BCUT2D eigenvalue weighted by molar-refractivity contribution is 0.0789. The molecule has 1 aromatic heterocycles. The number of halogens is 1. The minimum Gasteiger partial charge on any atom is -0.386 e. The van der Waals surface area contributed by atoms with E-state index in [0.29, 0.717) is 5.02 Å². The van der Waals surface area contributed by atoms with Crippen LogP contribution < -0.4 is 0 Å². The van der Waals surface area contributed by atoms with Gasteiger partial charge in [0, 0.05) is 11.1 Å². The van der Waals surface area contributed by atoms with Gasteiger partial charge in [-0.1, -0.05) is 23.7 Å². The summed E-state index contributed by atoms with van der Waals surface area (Å²) in [6, 6.07) is 5.80. The van der Waals surface area contributed by atoms with E-state index in [4.69, 9.17) is 16.6 Å². The molecule has 3 rings (SSSR count). The standard InChI is InChI=1S/C16H18ClNO/c1-16(2,19)14-10-6-3-4-9-13(10)18-15-11(14)7-5-8-12(15)17/h5,7-8,19H,3-4,6,9H2,1-2H3. The molecular formula is C16H18ClNO. The van der Waals surface area contributed by atoms with Crippen LogP contribution in [0, 0.1) is 0 Å². The third-order valence-corrected chi connectivity index (χ3v) is 4.16. The van der Waals surface area contributed by atoms with Gasteiger partial charge in [-0.25, -0.2) is 0 Å². The molecule has 0 unspecified atom stereocenters. The highest BCUT2D eigenvalue weighted by Crippen LogP contribution is 2.37. The highest BCUT2D eigenvalue weighted by atomic mass is 35.5. The molecule has 2 aromatic rings. The first-order chi connectivity index (χ1) is 8.98. The van der Waals surface area contributed by atoms with Gasteiger partial charge in [0.05, 0.1) is 16.1 Å². The van der Waals surface area contributed by atoms with Gasteiger partial charge in [0.1, 0.15) is 0 Å². The maximum atomic E-state index is 10.6. The number of rotatable bonds is 1. The molecule has 19 heavy (non-hydrogen) atoms. The Kier molecular flexibility index (Phi) is 3.03. The molecule has 0 spiro atoms. The highest BCUT2D eigenvalue weighted by Gasteiger charge is 2.27. The number of benzene rings is 1. The highest BCUT2D eigenvalue weighted by molar-refractivity contribution is 6.35. The van der Waals surface area contributed by atoms with Crippen LogP contribution in [0.3, 0.4) is 0 Å². The molecule has 0 radical (unpaired) electrons. The topological polar surface area (TPSA) is 33.1 Å². The molecule has 1 heterocycles. The SMILES string of the molecule is CC(C)(O)c1c2c(nc3c(Cl)cccc13)CCCC2. The molecule has 1 aliphatic rings. The van der Waals surface area contributed by atoms with Gasteiger partial charge in [0.2, 0.25) is 0 Å². The Balaban J connectivity index is 2.44. The normalized spacial score (nSPS) is 15.6. The maximum absolute atomic E-state index is 10.6. The van der Waals surface area contributed by atoms with Gasteiger partial charge in [0.15, 0.2) is 0 Å². The van der Waals surface area contributed by atoms with Crippen LogP contribution in [0.15, 0.2) is 18.2 Å². The Hall–Kier alpha value is -1.12. The second-order valence-electron chi connectivity index (χ2n) is 5.81. The van der Waals surface area contributed by atoms with Gasteiger partial charge in [-0.2, -0.15) is 0 Å². The molecule has 2 nitrogen and oxygen atoms in total. The quantitative estimate of drug-likeness (QED) is 0.853. The molecule has 3 heteroatoms. The van der Waals surface area contributed by atoms with Gasteiger partial charge in [-0.05, 0) is 56.7 Å². The second-order valence-corrected chi connectivity index (χ2v) is 6.22. The van der Waals surface area contributed by atoms with Crippen molar-refractivity contribution in [3.8, 4) is 0 Å². The molecule has 0 saturated carbocycles. The first-order valence-corrected chi connectivity index (χ1v) is 7.19. The monoisotopic (exact) mass is 275 g/mol. The van der Waals surface area contributed by atoms with Crippen molar-refractivity contribution in [1.29, 1.82) is 0 Å². The van der Waals surface area contributed by atoms with E-state index in [1.807, 2.05) is 32.0 Å². The third kappa shape index (κ3) is 2.13. The first kappa shape index (κ1) is 12.9. The molecule has 0 amide bonds. The van der Waals surface area contributed by atoms with Gasteiger partial charge in [-0.15, -0.1) is 0 Å². The van der Waals surface area contributed by atoms with E-state index in [1.165, 1.54) is 18.4 Å². The van der Waals surface area contributed by atoms with Crippen molar-refractivity contribution < 1.29 is 5.11 Å². The van der Waals surface area contributed by atoms with Crippen LogP contribution in [-0.4, -0.2) is 10.1 Å². The summed E-state index contributed by atoms with van der Waals surface area (Å²) in [4.78, 5) is 4.75. The summed E-state index contributed by atoms with van der Waals surface area (Å²) >= 11 is 6.28. The van der Waals surface area contributed by atoms with E-state index < -0.39 is 5.60 Å². The van der Waals surface area contributed by atoms with Crippen LogP contribution in [0.1, 0.15) is 43.5 Å². The Bertz CT molecular complexity index is 643. The van der Waals surface area contributed by atoms with Crippen molar-refractivity contribution in [2.45, 2.75) is 45.1 Å². The molecule has 1 N–H and O–H groups in total. The second kappa shape index (κ2) is 4.46. The summed E-state index contributed by atoms with van der Waals surface area (Å²) in [6.45, 7) is 3.69. The van der Waals surface area contributed by atoms with Crippen LogP contribution in [0.2, 0.25) is 5.02 Å². The largest absolute Gasteiger partial charge is 0.386 e. The first-order valence-electron chi connectivity index (χ1n) is 6.81. The van der Waals surface area contributed by atoms with E-state index in [2.05, 4.69) is 0 Å². The summed E-state index contributed by atoms with van der Waals surface area (Å²) < 4.78 is 0. The van der Waals surface area contributed by atoms with Gasteiger partial charge in [0.25, 0.3) is 0 Å². The number of hydrogen-bond donors (Lipinski definition) is 1. The minimum absolute atomic E-state index is 0.663. The minimum atomic E-state index is -0.868. The number of aromatic nitrogens is 1. The zero-order valence-corrected chi connectivity index (χ0v) is 12.1. The predicted molar refractivity (Wildman–Crippen MR) is 78.6 cm³/mol. The van der Waals surface area contributed by atoms with Crippen LogP contribution in [-0.2, 0) is 18.4 Å². The van der Waals surface area contributed by atoms with Gasteiger partial charge < -0.3 is 5.11 Å². The maximum Gasteiger partial charge on any atom is 0.0895 e. The lowest BCUT2D eigenvalue weighted by Crippen LogP contribution is -2.22. The lowest BCUT2D eigenvalue weighted by Gasteiger charge is -2.28. The van der Waals surface area contributed by atoms with Crippen molar-refractivity contribution in [2.75, 3.05) is 0 Å². The fraction of sp³-hybridized carbons (Fsp3) is 0.438. The lowest BCUT2D eigenvalue weighted by atomic mass is 9.83. The average Bonchev–Trinajstić information content (AvgIpc) is 2.35. The molecule has 100 valence electrons. The Morgan fingerprint density at radius 2 is 1.95 bits per heavy atom. The van der Waals surface area contributed by atoms with E-state index >= 15 is 0 Å². The van der Waals surface area contributed by atoms with Crippen LogP contribution in [0.5, 0.6) is 0 Å². The number of hydrogen-bond acceptors (Lipinski definition) is 2. The predicted octanol–water partition coefficient (Wildman–Crippen LogP) is 3.99. The fourth-order valence-electron chi connectivity index (χ4n) is 3.11. The van der Waals surface area contributed by atoms with Crippen molar-refractivity contribution in [2.24, 2.45) is 0 Å². The van der Waals surface area contributed by atoms with E-state index in [0.717, 1.165) is 35.0 Å². The zero-order valence-electron chi connectivity index (χ0n) is 11.3. The molecule has 1 aromatic carbocycles. The van der Waals surface area contributed by atoms with Crippen molar-refractivity contribution in [1.82, 2.24) is 4.98 Å². The van der Waals surface area contributed by atoms with Gasteiger partial charge in [-0.3, -0.25) is 4.98 Å². The zero-order chi connectivity index (χ0) is 13.6. The van der Waals surface area contributed by atoms with Gasteiger partial charge >= 0.3 is 0 Å². The molecule has 0 saturated heterocycles. The van der Waals surface area contributed by atoms with Crippen LogP contribution in [0.4, 0.5) is 0 Å². The van der Waals surface area contributed by atoms with E-state index in [9.17, 15) is 5.11 Å². The molecule has 0 bridgehead atoms. The van der Waals surface area contributed by atoms with Crippen LogP contribution >= 0.6 is 11.6 Å². The number of fused-ring (bicyclic) bond motifs is 2. The van der Waals surface area contributed by atoms with Crippen molar-refractivity contribution >= 4 is 22.5 Å². The summed E-state index contributed by atoms with van der Waals surface area (Å²) in [5.74, 6) is 0. The Labute approximate surface area is 118 Å². The van der Waals surface area contributed by atoms with Crippen molar-refractivity contribution in [3.05, 3.63) is 40.0 Å². The van der Waals surface area contributed by atoms with Crippen LogP contribution in [0.25, 0.3) is 10.9 Å². The number of nitrogens with zero attached hydrogens (tertiary/aromatic N) is 1. The summed E-state index contributed by atoms with van der Waals surface area (Å²) in [5, 5.41) is 12.2. The molecule has 0 fully saturated rings. The van der Waals surface area contributed by atoms with E-state index in [1.54, 1.807) is 0 Å². The number of pyridine rings is 1. The third-order valence-electron chi connectivity index (χ3n) is 3.86. The fourth-order valence-corrected chi connectivity index (χ4v) is 3.33. The number of para-hydroxylation sites is 1. The number of aliphatic hydroxyl groups is 1. The molecule has 1 aliphatic carbocycles. The molecular weight excluding hydrogens is 258 g/mol. The Morgan fingerprint density at radius 3 is 2.68 bits per heavy atom. The average molecular weight is 276 g/mol. The number of aryl methyl sites for hydroxylation is 1. The van der Waals surface area contributed by atoms with Crippen molar-refractivity contribution in [3.63, 3.8) is 0 Å². The summed E-state index contributed by atoms with van der Waals surface area (Å²) in [6.07, 6.45) is 4.33. The summed E-state index contributed by atoms with van der Waals surface area (Å²) in [5.41, 5.74) is 3.31. The Morgan fingerprint density at radius 1 is 1.21 bits per heavy atom. The van der Waals surface area contributed by atoms with E-state index in [-0.39, 0.29) is 0 Å². The molecule has 0 aliphatic heterocycles. The smallest absolute Gasteiger partial charge is 0.0895 e. The summed E-state index contributed by atoms with van der Waals surface area (Å²) in [7, 11) is 0.